The second kappa shape index (κ2) is 3.36. The first kappa shape index (κ1) is 9.12. The predicted molar refractivity (Wildman–Crippen MR) is 47.6 cm³/mol. The normalized spacial score (nSPS) is 18.3. The van der Waals surface area contributed by atoms with Gasteiger partial charge in [-0.2, -0.15) is 0 Å². The Bertz CT molecular complexity index is 401. The van der Waals surface area contributed by atoms with E-state index in [1.807, 2.05) is 0 Å². The molecule has 2 nitrogen and oxygen atoms in total. The Hall–Kier alpha value is -1.45. The average molecular weight is 197 g/mol. The van der Waals surface area contributed by atoms with E-state index in [4.69, 9.17) is 5.21 Å². The minimum atomic E-state index is -0.896. The molecule has 1 aromatic rings. The number of rotatable bonds is 0. The zero-order valence-corrected chi connectivity index (χ0v) is 7.43. The molecule has 0 heterocycles. The summed E-state index contributed by atoms with van der Waals surface area (Å²) in [6, 6.07) is 2.27. The van der Waals surface area contributed by atoms with Crippen LogP contribution in [-0.4, -0.2) is 10.9 Å². The lowest BCUT2D eigenvalue weighted by atomic mass is 9.90. The van der Waals surface area contributed by atoms with E-state index in [-0.39, 0.29) is 0 Å². The lowest BCUT2D eigenvalue weighted by Gasteiger charge is -2.16. The molecule has 1 aliphatic rings. The summed E-state index contributed by atoms with van der Waals surface area (Å²) in [5.74, 6) is -1.74. The van der Waals surface area contributed by atoms with Crippen molar-refractivity contribution in [2.75, 3.05) is 0 Å². The quantitative estimate of drug-likeness (QED) is 0.503. The third kappa shape index (κ3) is 1.36. The van der Waals surface area contributed by atoms with Crippen molar-refractivity contribution in [1.82, 2.24) is 0 Å². The Labute approximate surface area is 79.9 Å². The van der Waals surface area contributed by atoms with Crippen LogP contribution in [0.4, 0.5) is 8.78 Å². The highest BCUT2D eigenvalue weighted by molar-refractivity contribution is 6.02. The molecule has 2 rings (SSSR count). The van der Waals surface area contributed by atoms with Crippen LogP contribution in [0.5, 0.6) is 0 Å². The molecule has 0 amide bonds. The molecule has 0 atom stereocenters. The van der Waals surface area contributed by atoms with Gasteiger partial charge < -0.3 is 5.21 Å². The summed E-state index contributed by atoms with van der Waals surface area (Å²) in [6.07, 6.45) is 2.11. The maximum atomic E-state index is 12.9. The Balaban J connectivity index is 2.58. The number of benzene rings is 1. The summed E-state index contributed by atoms with van der Waals surface area (Å²) in [5, 5.41) is 11.8. The average Bonchev–Trinajstić information content (AvgIpc) is 2.19. The van der Waals surface area contributed by atoms with Gasteiger partial charge in [-0.3, -0.25) is 0 Å². The molecule has 1 aromatic carbocycles. The van der Waals surface area contributed by atoms with Gasteiger partial charge in [-0.1, -0.05) is 5.16 Å². The molecule has 14 heavy (non-hydrogen) atoms. The molecular formula is C10H9F2NO. The molecule has 0 radical (unpaired) electrons. The van der Waals surface area contributed by atoms with Gasteiger partial charge >= 0.3 is 0 Å². The van der Waals surface area contributed by atoms with Crippen molar-refractivity contribution in [3.8, 4) is 0 Å². The highest BCUT2D eigenvalue weighted by Crippen LogP contribution is 2.24. The van der Waals surface area contributed by atoms with Gasteiger partial charge in [-0.05, 0) is 37.0 Å². The number of hydrogen-bond acceptors (Lipinski definition) is 2. The number of hydrogen-bond donors (Lipinski definition) is 1. The Morgan fingerprint density at radius 2 is 1.86 bits per heavy atom. The van der Waals surface area contributed by atoms with E-state index in [9.17, 15) is 8.78 Å². The SMILES string of the molecule is O/N=C1/CCCc2cc(F)c(F)cc21. The molecular weight excluding hydrogens is 188 g/mol. The van der Waals surface area contributed by atoms with Gasteiger partial charge in [0.15, 0.2) is 11.6 Å². The summed E-state index contributed by atoms with van der Waals surface area (Å²) in [7, 11) is 0. The third-order valence-electron chi connectivity index (χ3n) is 2.44. The lowest BCUT2D eigenvalue weighted by Crippen LogP contribution is -2.13. The summed E-state index contributed by atoms with van der Waals surface area (Å²) < 4.78 is 25.8. The molecule has 4 heteroatoms. The number of fused-ring (bicyclic) bond motifs is 1. The van der Waals surface area contributed by atoms with Crippen LogP contribution < -0.4 is 0 Å². The Morgan fingerprint density at radius 1 is 1.14 bits per heavy atom. The fourth-order valence-corrected chi connectivity index (χ4v) is 1.75. The van der Waals surface area contributed by atoms with E-state index in [2.05, 4.69) is 5.16 Å². The van der Waals surface area contributed by atoms with E-state index >= 15 is 0 Å². The van der Waals surface area contributed by atoms with Crippen LogP contribution in [0.2, 0.25) is 0 Å². The molecule has 0 fully saturated rings. The molecule has 1 aliphatic carbocycles. The molecule has 0 saturated carbocycles. The number of oxime groups is 1. The summed E-state index contributed by atoms with van der Waals surface area (Å²) in [5.41, 5.74) is 1.67. The Morgan fingerprint density at radius 3 is 2.57 bits per heavy atom. The topological polar surface area (TPSA) is 32.6 Å². The minimum Gasteiger partial charge on any atom is -0.411 e. The fraction of sp³-hybridized carbons (Fsp3) is 0.300. The van der Waals surface area contributed by atoms with Crippen LogP contribution in [0.15, 0.2) is 17.3 Å². The van der Waals surface area contributed by atoms with Gasteiger partial charge in [0.25, 0.3) is 0 Å². The largest absolute Gasteiger partial charge is 0.411 e. The first-order chi connectivity index (χ1) is 6.72. The van der Waals surface area contributed by atoms with Gasteiger partial charge in [0.05, 0.1) is 5.71 Å². The summed E-state index contributed by atoms with van der Waals surface area (Å²) >= 11 is 0. The van der Waals surface area contributed by atoms with E-state index in [0.29, 0.717) is 29.7 Å². The van der Waals surface area contributed by atoms with Gasteiger partial charge in [-0.15, -0.1) is 0 Å². The van der Waals surface area contributed by atoms with Crippen molar-refractivity contribution in [2.24, 2.45) is 5.16 Å². The van der Waals surface area contributed by atoms with Crippen molar-refractivity contribution in [1.29, 1.82) is 0 Å². The maximum Gasteiger partial charge on any atom is 0.159 e. The van der Waals surface area contributed by atoms with Crippen LogP contribution >= 0.6 is 0 Å². The van der Waals surface area contributed by atoms with Gasteiger partial charge in [0.2, 0.25) is 0 Å². The monoisotopic (exact) mass is 197 g/mol. The smallest absolute Gasteiger partial charge is 0.159 e. The van der Waals surface area contributed by atoms with Crippen LogP contribution in [-0.2, 0) is 6.42 Å². The van der Waals surface area contributed by atoms with E-state index in [0.717, 1.165) is 12.5 Å². The summed E-state index contributed by atoms with van der Waals surface area (Å²) in [6.45, 7) is 0. The van der Waals surface area contributed by atoms with Crippen LogP contribution in [0.3, 0.4) is 0 Å². The first-order valence-electron chi connectivity index (χ1n) is 4.41. The predicted octanol–water partition coefficient (Wildman–Crippen LogP) is 2.48. The molecule has 0 aromatic heterocycles. The zero-order chi connectivity index (χ0) is 10.1. The van der Waals surface area contributed by atoms with Crippen molar-refractivity contribution < 1.29 is 14.0 Å². The van der Waals surface area contributed by atoms with Crippen LogP contribution in [0.1, 0.15) is 24.0 Å². The van der Waals surface area contributed by atoms with E-state index in [1.54, 1.807) is 0 Å². The van der Waals surface area contributed by atoms with Crippen molar-refractivity contribution in [2.45, 2.75) is 19.3 Å². The van der Waals surface area contributed by atoms with Crippen molar-refractivity contribution in [3.63, 3.8) is 0 Å². The molecule has 1 N–H and O–H groups in total. The Kier molecular flexibility index (Phi) is 2.19. The van der Waals surface area contributed by atoms with Gasteiger partial charge in [-0.25, -0.2) is 8.78 Å². The molecule has 0 bridgehead atoms. The van der Waals surface area contributed by atoms with Crippen molar-refractivity contribution in [3.05, 3.63) is 34.9 Å². The number of halogens is 2. The molecule has 0 unspecified atom stereocenters. The van der Waals surface area contributed by atoms with E-state index < -0.39 is 11.6 Å². The second-order valence-corrected chi connectivity index (χ2v) is 3.32. The zero-order valence-electron chi connectivity index (χ0n) is 7.43. The maximum absolute atomic E-state index is 12.9. The summed E-state index contributed by atoms with van der Waals surface area (Å²) in [4.78, 5) is 0. The highest BCUT2D eigenvalue weighted by Gasteiger charge is 2.18. The minimum absolute atomic E-state index is 0.435. The van der Waals surface area contributed by atoms with Gasteiger partial charge in [0.1, 0.15) is 0 Å². The third-order valence-corrected chi connectivity index (χ3v) is 2.44. The fourth-order valence-electron chi connectivity index (χ4n) is 1.75. The standard InChI is InChI=1S/C10H9F2NO/c11-8-4-6-2-1-3-10(13-14)7(6)5-9(8)12/h4-5,14H,1-3H2/b13-10-. The molecule has 0 aliphatic heterocycles. The molecule has 0 spiro atoms. The van der Waals surface area contributed by atoms with Crippen molar-refractivity contribution >= 4 is 5.71 Å². The van der Waals surface area contributed by atoms with E-state index in [1.165, 1.54) is 6.07 Å². The second-order valence-electron chi connectivity index (χ2n) is 3.32. The number of nitrogens with zero attached hydrogens (tertiary/aromatic N) is 1. The highest BCUT2D eigenvalue weighted by atomic mass is 19.2. The molecule has 74 valence electrons. The first-order valence-corrected chi connectivity index (χ1v) is 4.41. The van der Waals surface area contributed by atoms with Gasteiger partial charge in [0, 0.05) is 5.56 Å². The van der Waals surface area contributed by atoms with Crippen LogP contribution in [0.25, 0.3) is 0 Å². The molecule has 0 saturated heterocycles. The van der Waals surface area contributed by atoms with Crippen LogP contribution in [0, 0.1) is 11.6 Å². The lowest BCUT2D eigenvalue weighted by molar-refractivity contribution is 0.317. The number of aryl methyl sites for hydroxylation is 1.